The van der Waals surface area contributed by atoms with Crippen LogP contribution in [0.25, 0.3) is 0 Å². The van der Waals surface area contributed by atoms with Gasteiger partial charge in [-0.3, -0.25) is 0 Å². The summed E-state index contributed by atoms with van der Waals surface area (Å²) < 4.78 is 11.4. The Morgan fingerprint density at radius 2 is 2.33 bits per heavy atom. The molecule has 0 bridgehead atoms. The van der Waals surface area contributed by atoms with Crippen molar-refractivity contribution in [1.29, 1.82) is 0 Å². The molecule has 15 heavy (non-hydrogen) atoms. The van der Waals surface area contributed by atoms with Crippen LogP contribution in [0.3, 0.4) is 0 Å². The monoisotopic (exact) mass is 214 g/mol. The summed E-state index contributed by atoms with van der Waals surface area (Å²) in [5.74, 6) is -0.369. The van der Waals surface area contributed by atoms with Crippen molar-refractivity contribution in [2.45, 2.75) is 51.6 Å². The zero-order chi connectivity index (χ0) is 11.5. The molecule has 0 aromatic heterocycles. The van der Waals surface area contributed by atoms with Gasteiger partial charge in [-0.25, -0.2) is 0 Å². The highest BCUT2D eigenvalue weighted by Crippen LogP contribution is 2.34. The summed E-state index contributed by atoms with van der Waals surface area (Å²) in [6, 6.07) is 0. The van der Waals surface area contributed by atoms with Gasteiger partial charge in [-0.1, -0.05) is 19.9 Å². The molecular weight excluding hydrogens is 192 g/mol. The number of aliphatic hydroxyl groups excluding tert-OH is 1. The van der Waals surface area contributed by atoms with Crippen molar-refractivity contribution < 1.29 is 14.6 Å². The predicted octanol–water partition coefficient (Wildman–Crippen LogP) is 2.10. The van der Waals surface area contributed by atoms with Crippen LogP contribution in [-0.4, -0.2) is 29.7 Å². The molecule has 0 aromatic rings. The third kappa shape index (κ3) is 3.03. The molecule has 0 amide bonds. The first-order valence-corrected chi connectivity index (χ1v) is 5.63. The minimum absolute atomic E-state index is 0.122. The first kappa shape index (κ1) is 12.7. The molecule has 4 atom stereocenters. The molecule has 3 heteroatoms. The first-order valence-electron chi connectivity index (χ1n) is 5.63. The molecular formula is C12H22O3. The van der Waals surface area contributed by atoms with Crippen LogP contribution in [0.1, 0.15) is 33.6 Å². The predicted molar refractivity (Wildman–Crippen MR) is 59.5 cm³/mol. The Morgan fingerprint density at radius 1 is 1.67 bits per heavy atom. The summed E-state index contributed by atoms with van der Waals surface area (Å²) in [6.45, 7) is 10.1. The van der Waals surface area contributed by atoms with Gasteiger partial charge in [0, 0.05) is 6.42 Å². The smallest absolute Gasteiger partial charge is 0.166 e. The average molecular weight is 214 g/mol. The molecule has 1 fully saturated rings. The summed E-state index contributed by atoms with van der Waals surface area (Å²) >= 11 is 0. The quantitative estimate of drug-likeness (QED) is 0.728. The van der Waals surface area contributed by atoms with E-state index in [1.54, 1.807) is 6.08 Å². The third-order valence-corrected chi connectivity index (χ3v) is 2.97. The van der Waals surface area contributed by atoms with Gasteiger partial charge in [0.05, 0.1) is 18.8 Å². The van der Waals surface area contributed by atoms with Crippen molar-refractivity contribution in [2.75, 3.05) is 6.61 Å². The van der Waals surface area contributed by atoms with Crippen LogP contribution in [-0.2, 0) is 9.47 Å². The van der Waals surface area contributed by atoms with E-state index < -0.39 is 5.79 Å². The van der Waals surface area contributed by atoms with Crippen molar-refractivity contribution in [3.8, 4) is 0 Å². The van der Waals surface area contributed by atoms with Gasteiger partial charge in [-0.15, -0.1) is 6.58 Å². The van der Waals surface area contributed by atoms with Crippen LogP contribution in [0.2, 0.25) is 0 Å². The minimum atomic E-state index is -0.576. The topological polar surface area (TPSA) is 38.7 Å². The lowest BCUT2D eigenvalue weighted by molar-refractivity contribution is -0.297. The Bertz CT molecular complexity index is 217. The van der Waals surface area contributed by atoms with E-state index in [4.69, 9.17) is 9.47 Å². The van der Waals surface area contributed by atoms with E-state index >= 15 is 0 Å². The molecule has 1 saturated heterocycles. The van der Waals surface area contributed by atoms with Crippen LogP contribution in [0.5, 0.6) is 0 Å². The Balaban J connectivity index is 2.64. The Morgan fingerprint density at radius 3 is 2.87 bits per heavy atom. The molecule has 1 aliphatic heterocycles. The van der Waals surface area contributed by atoms with Crippen LogP contribution >= 0.6 is 0 Å². The van der Waals surface area contributed by atoms with Crippen LogP contribution < -0.4 is 0 Å². The molecule has 0 radical (unpaired) electrons. The number of ether oxygens (including phenoxy) is 2. The average Bonchev–Trinajstić information content (AvgIpc) is 2.21. The lowest BCUT2D eigenvalue weighted by Gasteiger charge is -2.43. The van der Waals surface area contributed by atoms with Crippen molar-refractivity contribution in [1.82, 2.24) is 0 Å². The van der Waals surface area contributed by atoms with E-state index in [9.17, 15) is 5.11 Å². The largest absolute Gasteiger partial charge is 0.390 e. The van der Waals surface area contributed by atoms with E-state index in [1.165, 1.54) is 0 Å². The number of aliphatic hydroxyl groups is 1. The number of hydrogen-bond donors (Lipinski definition) is 1. The van der Waals surface area contributed by atoms with Crippen molar-refractivity contribution in [2.24, 2.45) is 5.92 Å². The summed E-state index contributed by atoms with van der Waals surface area (Å²) in [7, 11) is 0. The van der Waals surface area contributed by atoms with Crippen LogP contribution in [0, 0.1) is 5.92 Å². The van der Waals surface area contributed by atoms with Gasteiger partial charge in [0.25, 0.3) is 0 Å². The summed E-state index contributed by atoms with van der Waals surface area (Å²) in [5, 5.41) is 9.89. The van der Waals surface area contributed by atoms with Gasteiger partial charge in [0.2, 0.25) is 0 Å². The summed E-state index contributed by atoms with van der Waals surface area (Å²) in [5.41, 5.74) is 0. The molecule has 1 rings (SSSR count). The molecule has 0 saturated carbocycles. The van der Waals surface area contributed by atoms with Gasteiger partial charge in [0.1, 0.15) is 0 Å². The van der Waals surface area contributed by atoms with Crippen molar-refractivity contribution >= 4 is 0 Å². The SMILES string of the molecule is C=CCO[C@@]1(C)C[C@@H](C)[C@H](O)C(CC)O1. The third-order valence-electron chi connectivity index (χ3n) is 2.97. The fourth-order valence-corrected chi connectivity index (χ4v) is 2.16. The van der Waals surface area contributed by atoms with Gasteiger partial charge in [-0.2, -0.15) is 0 Å². The first-order chi connectivity index (χ1) is 7.02. The Hall–Kier alpha value is -0.380. The van der Waals surface area contributed by atoms with Crippen LogP contribution in [0.4, 0.5) is 0 Å². The molecule has 1 heterocycles. The second kappa shape index (κ2) is 5.10. The lowest BCUT2D eigenvalue weighted by atomic mass is 9.88. The van der Waals surface area contributed by atoms with Crippen molar-refractivity contribution in [3.05, 3.63) is 12.7 Å². The van der Waals surface area contributed by atoms with E-state index in [0.717, 1.165) is 12.8 Å². The van der Waals surface area contributed by atoms with E-state index in [1.807, 2.05) is 20.8 Å². The van der Waals surface area contributed by atoms with Crippen molar-refractivity contribution in [3.63, 3.8) is 0 Å². The second-order valence-corrected chi connectivity index (χ2v) is 4.47. The maximum Gasteiger partial charge on any atom is 0.166 e. The van der Waals surface area contributed by atoms with E-state index in [2.05, 4.69) is 6.58 Å². The summed E-state index contributed by atoms with van der Waals surface area (Å²) in [4.78, 5) is 0. The highest BCUT2D eigenvalue weighted by molar-refractivity contribution is 4.86. The zero-order valence-corrected chi connectivity index (χ0v) is 9.90. The normalized spacial score (nSPS) is 41.5. The molecule has 0 aromatic carbocycles. The second-order valence-electron chi connectivity index (χ2n) is 4.47. The molecule has 0 aliphatic carbocycles. The molecule has 0 spiro atoms. The van der Waals surface area contributed by atoms with E-state index in [-0.39, 0.29) is 18.1 Å². The zero-order valence-electron chi connectivity index (χ0n) is 9.90. The number of rotatable bonds is 4. The molecule has 1 N–H and O–H groups in total. The minimum Gasteiger partial charge on any atom is -0.390 e. The number of hydrogen-bond acceptors (Lipinski definition) is 3. The Labute approximate surface area is 92.1 Å². The fourth-order valence-electron chi connectivity index (χ4n) is 2.16. The fraction of sp³-hybridized carbons (Fsp3) is 0.833. The highest BCUT2D eigenvalue weighted by Gasteiger charge is 2.41. The van der Waals surface area contributed by atoms with Gasteiger partial charge in [-0.05, 0) is 19.3 Å². The van der Waals surface area contributed by atoms with Gasteiger partial charge in [0.15, 0.2) is 5.79 Å². The highest BCUT2D eigenvalue weighted by atomic mass is 16.7. The molecule has 88 valence electrons. The molecule has 3 nitrogen and oxygen atoms in total. The van der Waals surface area contributed by atoms with Gasteiger partial charge < -0.3 is 14.6 Å². The summed E-state index contributed by atoms with van der Waals surface area (Å²) in [6.07, 6.45) is 2.74. The maximum atomic E-state index is 9.89. The molecule has 1 unspecified atom stereocenters. The molecule has 1 aliphatic rings. The Kier molecular flexibility index (Phi) is 4.32. The van der Waals surface area contributed by atoms with Gasteiger partial charge >= 0.3 is 0 Å². The lowest BCUT2D eigenvalue weighted by Crippen LogP contribution is -2.51. The maximum absolute atomic E-state index is 9.89. The standard InChI is InChI=1S/C12H22O3/c1-5-7-14-12(4)8-9(3)11(13)10(6-2)15-12/h5,9-11,13H,1,6-8H2,2-4H3/t9-,10?,11+,12-/m1/s1. The van der Waals surface area contributed by atoms with E-state index in [0.29, 0.717) is 6.61 Å². The van der Waals surface area contributed by atoms with Crippen LogP contribution in [0.15, 0.2) is 12.7 Å².